The molecule has 0 aliphatic heterocycles. The lowest BCUT2D eigenvalue weighted by atomic mass is 10.0. The van der Waals surface area contributed by atoms with E-state index in [1.165, 1.54) is 12.0 Å². The summed E-state index contributed by atoms with van der Waals surface area (Å²) in [6.45, 7) is 11.7. The highest BCUT2D eigenvalue weighted by atomic mass is 14.9. The van der Waals surface area contributed by atoms with Crippen LogP contribution in [-0.2, 0) is 0 Å². The van der Waals surface area contributed by atoms with Crippen molar-refractivity contribution in [2.75, 3.05) is 6.54 Å². The lowest BCUT2D eigenvalue weighted by Gasteiger charge is -2.17. The largest absolute Gasteiger partial charge is 0.310 e. The van der Waals surface area contributed by atoms with E-state index in [0.717, 1.165) is 19.4 Å². The minimum atomic E-state index is 0.542. The van der Waals surface area contributed by atoms with Gasteiger partial charge in [-0.15, -0.1) is 0 Å². The molecule has 66 valence electrons. The van der Waals surface area contributed by atoms with Crippen LogP contribution in [0.4, 0.5) is 0 Å². The van der Waals surface area contributed by atoms with Crippen LogP contribution < -0.4 is 5.32 Å². The first kappa shape index (κ1) is 10.7. The molecule has 0 heterocycles. The van der Waals surface area contributed by atoms with Gasteiger partial charge in [0, 0.05) is 6.04 Å². The number of hydrogen-bond acceptors (Lipinski definition) is 1. The predicted octanol–water partition coefficient (Wildman–Crippen LogP) is 2.73. The van der Waals surface area contributed by atoms with Gasteiger partial charge in [0.2, 0.25) is 0 Å². The van der Waals surface area contributed by atoms with Crippen molar-refractivity contribution >= 4 is 0 Å². The van der Waals surface area contributed by atoms with E-state index in [0.29, 0.717) is 6.04 Å². The molecule has 0 aromatic rings. The number of rotatable bonds is 6. The molecule has 0 fully saturated rings. The molecule has 0 aliphatic rings. The summed E-state index contributed by atoms with van der Waals surface area (Å²) in [6, 6.07) is 0.542. The Morgan fingerprint density at radius 3 is 2.36 bits per heavy atom. The van der Waals surface area contributed by atoms with Crippen LogP contribution in [0.2, 0.25) is 0 Å². The van der Waals surface area contributed by atoms with Crippen molar-refractivity contribution in [2.24, 2.45) is 0 Å². The van der Waals surface area contributed by atoms with Crippen LogP contribution in [0.25, 0.3) is 0 Å². The fourth-order valence-corrected chi connectivity index (χ4v) is 1.14. The molecule has 0 rings (SSSR count). The Morgan fingerprint density at radius 2 is 2.00 bits per heavy atom. The molecule has 0 saturated carbocycles. The van der Waals surface area contributed by atoms with Gasteiger partial charge in [-0.1, -0.05) is 32.9 Å². The van der Waals surface area contributed by atoms with Crippen molar-refractivity contribution < 1.29 is 0 Å². The second-order valence-electron chi connectivity index (χ2n) is 2.93. The summed E-state index contributed by atoms with van der Waals surface area (Å²) in [4.78, 5) is 0. The van der Waals surface area contributed by atoms with Crippen molar-refractivity contribution in [1.29, 1.82) is 0 Å². The molecule has 0 aromatic heterocycles. The molecule has 0 bridgehead atoms. The van der Waals surface area contributed by atoms with Gasteiger partial charge in [0.05, 0.1) is 0 Å². The van der Waals surface area contributed by atoms with Gasteiger partial charge in [-0.25, -0.2) is 0 Å². The average Bonchev–Trinajstić information content (AvgIpc) is 2.05. The lowest BCUT2D eigenvalue weighted by Crippen LogP contribution is -2.30. The summed E-state index contributed by atoms with van der Waals surface area (Å²) in [5, 5.41) is 3.47. The van der Waals surface area contributed by atoms with Gasteiger partial charge in [-0.2, -0.15) is 0 Å². The van der Waals surface area contributed by atoms with Crippen LogP contribution in [0.5, 0.6) is 0 Å². The summed E-state index contributed by atoms with van der Waals surface area (Å²) in [5.41, 5.74) is 1.33. The third kappa shape index (κ3) is 4.20. The first-order valence-electron chi connectivity index (χ1n) is 4.67. The smallest absolute Gasteiger partial charge is 0.0274 e. The SMILES string of the molecule is C=C(CC)C(CC)NCCC. The topological polar surface area (TPSA) is 12.0 Å². The summed E-state index contributed by atoms with van der Waals surface area (Å²) >= 11 is 0. The van der Waals surface area contributed by atoms with Crippen LogP contribution in [-0.4, -0.2) is 12.6 Å². The standard InChI is InChI=1S/C10H21N/c1-5-8-11-10(7-3)9(4)6-2/h10-11H,4-8H2,1-3H3. The second-order valence-corrected chi connectivity index (χ2v) is 2.93. The van der Waals surface area contributed by atoms with Gasteiger partial charge >= 0.3 is 0 Å². The molecule has 1 N–H and O–H groups in total. The maximum Gasteiger partial charge on any atom is 0.0274 e. The van der Waals surface area contributed by atoms with E-state index in [-0.39, 0.29) is 0 Å². The van der Waals surface area contributed by atoms with Gasteiger partial charge in [0.25, 0.3) is 0 Å². The van der Waals surface area contributed by atoms with Crippen molar-refractivity contribution in [3.05, 3.63) is 12.2 Å². The van der Waals surface area contributed by atoms with Crippen molar-refractivity contribution in [2.45, 2.75) is 46.1 Å². The van der Waals surface area contributed by atoms with Gasteiger partial charge < -0.3 is 5.32 Å². The molecule has 0 spiro atoms. The fourth-order valence-electron chi connectivity index (χ4n) is 1.14. The average molecular weight is 155 g/mol. The molecule has 0 amide bonds. The molecule has 1 unspecified atom stereocenters. The quantitative estimate of drug-likeness (QED) is 0.582. The van der Waals surface area contributed by atoms with E-state index >= 15 is 0 Å². The molecule has 0 aromatic carbocycles. The van der Waals surface area contributed by atoms with Crippen LogP contribution in [0.3, 0.4) is 0 Å². The lowest BCUT2D eigenvalue weighted by molar-refractivity contribution is 0.543. The summed E-state index contributed by atoms with van der Waals surface area (Å²) in [7, 11) is 0. The van der Waals surface area contributed by atoms with Gasteiger partial charge in [0.15, 0.2) is 0 Å². The number of hydrogen-bond donors (Lipinski definition) is 1. The summed E-state index contributed by atoms with van der Waals surface area (Å²) in [5.74, 6) is 0. The van der Waals surface area contributed by atoms with Crippen LogP contribution in [0, 0.1) is 0 Å². The highest BCUT2D eigenvalue weighted by Gasteiger charge is 2.05. The highest BCUT2D eigenvalue weighted by Crippen LogP contribution is 2.07. The summed E-state index contributed by atoms with van der Waals surface area (Å²) < 4.78 is 0. The molecular formula is C10H21N. The molecular weight excluding hydrogens is 134 g/mol. The van der Waals surface area contributed by atoms with E-state index in [4.69, 9.17) is 0 Å². The Kier molecular flexibility index (Phi) is 6.24. The van der Waals surface area contributed by atoms with Gasteiger partial charge in [0.1, 0.15) is 0 Å². The Bertz CT molecular complexity index is 107. The van der Waals surface area contributed by atoms with Gasteiger partial charge in [-0.05, 0) is 25.8 Å². The highest BCUT2D eigenvalue weighted by molar-refractivity contribution is 5.03. The first-order valence-corrected chi connectivity index (χ1v) is 4.67. The molecule has 1 atom stereocenters. The molecule has 0 radical (unpaired) electrons. The minimum Gasteiger partial charge on any atom is -0.310 e. The molecule has 0 saturated heterocycles. The first-order chi connectivity index (χ1) is 5.26. The van der Waals surface area contributed by atoms with Crippen LogP contribution in [0.15, 0.2) is 12.2 Å². The van der Waals surface area contributed by atoms with E-state index in [2.05, 4.69) is 32.7 Å². The monoisotopic (exact) mass is 155 g/mol. The van der Waals surface area contributed by atoms with E-state index in [1.54, 1.807) is 0 Å². The van der Waals surface area contributed by atoms with Gasteiger partial charge in [-0.3, -0.25) is 0 Å². The van der Waals surface area contributed by atoms with E-state index in [1.807, 2.05) is 0 Å². The molecule has 0 aliphatic carbocycles. The van der Waals surface area contributed by atoms with E-state index in [9.17, 15) is 0 Å². The summed E-state index contributed by atoms with van der Waals surface area (Å²) in [6.07, 6.45) is 3.45. The van der Waals surface area contributed by atoms with Crippen molar-refractivity contribution in [1.82, 2.24) is 5.32 Å². The zero-order valence-corrected chi connectivity index (χ0v) is 8.11. The second kappa shape index (κ2) is 6.41. The maximum atomic E-state index is 4.03. The Hall–Kier alpha value is -0.300. The normalized spacial score (nSPS) is 13.0. The van der Waals surface area contributed by atoms with E-state index < -0.39 is 0 Å². The molecule has 11 heavy (non-hydrogen) atoms. The zero-order valence-electron chi connectivity index (χ0n) is 8.11. The number of nitrogens with one attached hydrogen (secondary N) is 1. The fraction of sp³-hybridized carbons (Fsp3) is 0.800. The minimum absolute atomic E-state index is 0.542. The third-order valence-corrected chi connectivity index (χ3v) is 2.00. The molecule has 1 nitrogen and oxygen atoms in total. The Balaban J connectivity index is 3.65. The Labute approximate surface area is 70.9 Å². The predicted molar refractivity (Wildman–Crippen MR) is 51.8 cm³/mol. The molecule has 1 heteroatoms. The zero-order chi connectivity index (χ0) is 8.69. The maximum absolute atomic E-state index is 4.03. The van der Waals surface area contributed by atoms with Crippen molar-refractivity contribution in [3.63, 3.8) is 0 Å². The van der Waals surface area contributed by atoms with Crippen molar-refractivity contribution in [3.8, 4) is 0 Å². The van der Waals surface area contributed by atoms with Crippen LogP contribution >= 0.6 is 0 Å². The Morgan fingerprint density at radius 1 is 1.36 bits per heavy atom. The third-order valence-electron chi connectivity index (χ3n) is 2.00. The van der Waals surface area contributed by atoms with Crippen LogP contribution in [0.1, 0.15) is 40.0 Å².